The van der Waals surface area contributed by atoms with Crippen molar-refractivity contribution in [3.8, 4) is 0 Å². The Bertz CT molecular complexity index is 980. The van der Waals surface area contributed by atoms with Gasteiger partial charge in [0.25, 0.3) is 0 Å². The molecular formula is C20H28N6OSi. The predicted octanol–water partition coefficient (Wildman–Crippen LogP) is 3.83. The first-order valence-corrected chi connectivity index (χ1v) is 13.4. The summed E-state index contributed by atoms with van der Waals surface area (Å²) in [4.78, 5) is 15.6. The molecule has 28 heavy (non-hydrogen) atoms. The van der Waals surface area contributed by atoms with Crippen LogP contribution >= 0.6 is 0 Å². The van der Waals surface area contributed by atoms with Crippen molar-refractivity contribution in [3.63, 3.8) is 0 Å². The zero-order chi connectivity index (χ0) is 19.7. The molecule has 4 rings (SSSR count). The highest BCUT2D eigenvalue weighted by molar-refractivity contribution is 6.76. The van der Waals surface area contributed by atoms with Crippen molar-refractivity contribution in [1.29, 1.82) is 0 Å². The molecule has 0 spiro atoms. The van der Waals surface area contributed by atoms with Gasteiger partial charge >= 0.3 is 0 Å². The fourth-order valence-electron chi connectivity index (χ4n) is 3.39. The quantitative estimate of drug-likeness (QED) is 0.484. The van der Waals surface area contributed by atoms with Crippen LogP contribution in [-0.4, -0.2) is 46.1 Å². The van der Waals surface area contributed by atoms with Crippen LogP contribution in [0.5, 0.6) is 0 Å². The molecule has 1 aliphatic rings. The number of rotatable bonds is 7. The van der Waals surface area contributed by atoms with Gasteiger partial charge in [-0.1, -0.05) is 25.7 Å². The molecule has 3 aromatic rings. The van der Waals surface area contributed by atoms with Crippen molar-refractivity contribution in [1.82, 2.24) is 24.4 Å². The van der Waals surface area contributed by atoms with E-state index in [1.807, 2.05) is 4.57 Å². The fourth-order valence-corrected chi connectivity index (χ4v) is 4.14. The minimum atomic E-state index is -1.09. The number of hydrogen-bond acceptors (Lipinski definition) is 6. The maximum atomic E-state index is 5.85. The van der Waals surface area contributed by atoms with Gasteiger partial charge in [-0.05, 0) is 36.4 Å². The molecule has 0 saturated heterocycles. The van der Waals surface area contributed by atoms with Gasteiger partial charge in [0.05, 0.1) is 6.33 Å². The van der Waals surface area contributed by atoms with Gasteiger partial charge in [-0.25, -0.2) is 15.0 Å². The average molecular weight is 397 g/mol. The maximum absolute atomic E-state index is 5.85. The van der Waals surface area contributed by atoms with Gasteiger partial charge < -0.3 is 10.1 Å². The Labute approximate surface area is 166 Å². The Kier molecular flexibility index (Phi) is 5.18. The van der Waals surface area contributed by atoms with Gasteiger partial charge in [0.1, 0.15) is 13.1 Å². The van der Waals surface area contributed by atoms with Crippen LogP contribution in [0.15, 0.2) is 30.9 Å². The third kappa shape index (κ3) is 4.24. The van der Waals surface area contributed by atoms with Crippen LogP contribution in [-0.2, 0) is 24.6 Å². The summed E-state index contributed by atoms with van der Waals surface area (Å²) < 4.78 is 7.79. The Morgan fingerprint density at radius 3 is 2.75 bits per heavy atom. The van der Waals surface area contributed by atoms with E-state index in [2.05, 4.69) is 70.1 Å². The third-order valence-electron chi connectivity index (χ3n) is 4.98. The Morgan fingerprint density at radius 2 is 1.93 bits per heavy atom. The first-order valence-electron chi connectivity index (χ1n) is 9.70. The molecule has 1 aromatic carbocycles. The normalized spacial score (nSPS) is 14.6. The van der Waals surface area contributed by atoms with Gasteiger partial charge in [-0.3, -0.25) is 9.47 Å². The SMILES string of the molecule is CN1Cc2ccc(Nc3ncnc4c3ncn4COCC[Si](C)(C)C)cc2C1. The van der Waals surface area contributed by atoms with E-state index in [9.17, 15) is 0 Å². The minimum absolute atomic E-state index is 0.461. The van der Waals surface area contributed by atoms with Gasteiger partial charge in [-0.15, -0.1) is 0 Å². The van der Waals surface area contributed by atoms with Crippen molar-refractivity contribution in [2.45, 2.75) is 45.5 Å². The van der Waals surface area contributed by atoms with Crippen LogP contribution in [0.4, 0.5) is 11.5 Å². The van der Waals surface area contributed by atoms with E-state index in [4.69, 9.17) is 4.74 Å². The Morgan fingerprint density at radius 1 is 1.11 bits per heavy atom. The van der Waals surface area contributed by atoms with E-state index < -0.39 is 8.07 Å². The fraction of sp³-hybridized carbons (Fsp3) is 0.450. The number of benzene rings is 1. The molecule has 0 atom stereocenters. The number of ether oxygens (including phenoxy) is 1. The first kappa shape index (κ1) is 19.0. The highest BCUT2D eigenvalue weighted by atomic mass is 28.3. The predicted molar refractivity (Wildman–Crippen MR) is 114 cm³/mol. The van der Waals surface area contributed by atoms with E-state index in [0.717, 1.165) is 48.4 Å². The van der Waals surface area contributed by atoms with Gasteiger partial charge in [0.15, 0.2) is 17.0 Å². The van der Waals surface area contributed by atoms with Crippen molar-refractivity contribution >= 4 is 30.7 Å². The number of nitrogens with one attached hydrogen (secondary N) is 1. The van der Waals surface area contributed by atoms with Gasteiger partial charge in [0.2, 0.25) is 0 Å². The van der Waals surface area contributed by atoms with Crippen molar-refractivity contribution in [2.75, 3.05) is 19.0 Å². The van der Waals surface area contributed by atoms with E-state index in [0.29, 0.717) is 6.73 Å². The van der Waals surface area contributed by atoms with E-state index in [-0.39, 0.29) is 0 Å². The molecule has 1 aliphatic heterocycles. The molecule has 0 saturated carbocycles. The van der Waals surface area contributed by atoms with Crippen LogP contribution in [0.3, 0.4) is 0 Å². The standard InChI is InChI=1S/C20H28N6OSi/c1-25-10-15-5-6-17(9-16(15)11-25)24-19-18-20(22-12-21-19)26(13-23-18)14-27-7-8-28(2,3)4/h5-6,9,12-13H,7-8,10-11,14H2,1-4H3,(H,21,22,24). The lowest BCUT2D eigenvalue weighted by atomic mass is 10.1. The molecule has 0 fully saturated rings. The minimum Gasteiger partial charge on any atom is -0.361 e. The smallest absolute Gasteiger partial charge is 0.167 e. The van der Waals surface area contributed by atoms with E-state index in [1.165, 1.54) is 11.1 Å². The molecule has 0 aliphatic carbocycles. The molecule has 148 valence electrons. The molecule has 8 heteroatoms. The molecule has 0 unspecified atom stereocenters. The lowest BCUT2D eigenvalue weighted by Gasteiger charge is -2.15. The highest BCUT2D eigenvalue weighted by Gasteiger charge is 2.17. The summed E-state index contributed by atoms with van der Waals surface area (Å²) in [6, 6.07) is 7.63. The molecule has 0 bridgehead atoms. The summed E-state index contributed by atoms with van der Waals surface area (Å²) in [5, 5.41) is 3.41. The molecule has 0 amide bonds. The Hall–Kier alpha value is -2.29. The number of anilines is 2. The number of hydrogen-bond donors (Lipinski definition) is 1. The zero-order valence-corrected chi connectivity index (χ0v) is 18.1. The monoisotopic (exact) mass is 396 g/mol. The van der Waals surface area contributed by atoms with Gasteiger partial charge in [-0.2, -0.15) is 0 Å². The summed E-state index contributed by atoms with van der Waals surface area (Å²) >= 11 is 0. The Balaban J connectivity index is 1.48. The average Bonchev–Trinajstić information content (AvgIpc) is 3.21. The number of fused-ring (bicyclic) bond motifs is 2. The van der Waals surface area contributed by atoms with Crippen molar-refractivity contribution < 1.29 is 4.74 Å². The topological polar surface area (TPSA) is 68.1 Å². The molecule has 7 nitrogen and oxygen atoms in total. The molecular weight excluding hydrogens is 368 g/mol. The summed E-state index contributed by atoms with van der Waals surface area (Å²) in [5.41, 5.74) is 5.31. The van der Waals surface area contributed by atoms with Crippen molar-refractivity contribution in [3.05, 3.63) is 42.0 Å². The molecule has 3 heterocycles. The maximum Gasteiger partial charge on any atom is 0.167 e. The summed E-state index contributed by atoms with van der Waals surface area (Å²) in [7, 11) is 1.05. The van der Waals surface area contributed by atoms with Crippen LogP contribution in [0.25, 0.3) is 11.2 Å². The van der Waals surface area contributed by atoms with Crippen LogP contribution in [0, 0.1) is 0 Å². The first-order chi connectivity index (χ1) is 13.4. The summed E-state index contributed by atoms with van der Waals surface area (Å²) in [6.45, 7) is 10.3. The van der Waals surface area contributed by atoms with E-state index in [1.54, 1.807) is 12.7 Å². The number of nitrogens with zero attached hydrogens (tertiary/aromatic N) is 5. The molecule has 1 N–H and O–H groups in total. The molecule has 2 aromatic heterocycles. The second kappa shape index (κ2) is 7.61. The van der Waals surface area contributed by atoms with Crippen LogP contribution < -0.4 is 5.32 Å². The summed E-state index contributed by atoms with van der Waals surface area (Å²) in [6.07, 6.45) is 3.35. The van der Waals surface area contributed by atoms with Crippen molar-refractivity contribution in [2.24, 2.45) is 0 Å². The van der Waals surface area contributed by atoms with Crippen LogP contribution in [0.1, 0.15) is 11.1 Å². The lowest BCUT2D eigenvalue weighted by Crippen LogP contribution is -2.22. The highest BCUT2D eigenvalue weighted by Crippen LogP contribution is 2.27. The zero-order valence-electron chi connectivity index (χ0n) is 17.1. The largest absolute Gasteiger partial charge is 0.361 e. The van der Waals surface area contributed by atoms with E-state index >= 15 is 0 Å². The second-order valence-corrected chi connectivity index (χ2v) is 14.4. The summed E-state index contributed by atoms with van der Waals surface area (Å²) in [5.74, 6) is 0.720. The number of aromatic nitrogens is 4. The lowest BCUT2D eigenvalue weighted by molar-refractivity contribution is 0.0895. The second-order valence-electron chi connectivity index (χ2n) is 8.74. The molecule has 0 radical (unpaired) electrons. The van der Waals surface area contributed by atoms with Crippen LogP contribution in [0.2, 0.25) is 25.7 Å². The number of imidazole rings is 1. The van der Waals surface area contributed by atoms with Gasteiger partial charge in [0, 0.05) is 33.5 Å². The third-order valence-corrected chi connectivity index (χ3v) is 6.68.